The topological polar surface area (TPSA) is 127 Å². The molecule has 0 saturated carbocycles. The number of benzene rings is 2. The Bertz CT molecular complexity index is 893. The molecule has 0 aliphatic rings. The Balaban J connectivity index is 2.35. The summed E-state index contributed by atoms with van der Waals surface area (Å²) in [7, 11) is 0. The number of nitrogen functional groups attached to an aromatic ring is 1. The van der Waals surface area contributed by atoms with Gasteiger partial charge in [0.2, 0.25) is 0 Å². The predicted octanol–water partition coefficient (Wildman–Crippen LogP) is 3.38. The average Bonchev–Trinajstić information content (AvgIpc) is 2.73. The van der Waals surface area contributed by atoms with Crippen LogP contribution in [0.15, 0.2) is 36.4 Å². The first-order valence-electron chi connectivity index (χ1n) is 9.55. The number of aliphatic hydroxyl groups excluding tert-OH is 1. The molecule has 1 unspecified atom stereocenters. The van der Waals surface area contributed by atoms with Crippen LogP contribution in [0.3, 0.4) is 0 Å². The minimum atomic E-state index is -0.965. The highest BCUT2D eigenvalue weighted by Gasteiger charge is 2.27. The molecule has 2 rings (SSSR count). The minimum Gasteiger partial charge on any atom is -0.489 e. The molecular formula is C21H25Cl2N3O5. The molecule has 10 heteroatoms. The quantitative estimate of drug-likeness (QED) is 0.162. The molecule has 0 bridgehead atoms. The molecule has 0 amide bonds. The van der Waals surface area contributed by atoms with Gasteiger partial charge in [-0.1, -0.05) is 23.2 Å². The molecule has 168 valence electrons. The van der Waals surface area contributed by atoms with E-state index in [1.54, 1.807) is 37.3 Å². The van der Waals surface area contributed by atoms with Crippen LogP contribution in [0.4, 0.5) is 5.69 Å². The van der Waals surface area contributed by atoms with Crippen LogP contribution in [0.1, 0.15) is 24.1 Å². The number of aliphatic hydroxyl groups is 1. The van der Waals surface area contributed by atoms with E-state index in [2.05, 4.69) is 5.32 Å². The summed E-state index contributed by atoms with van der Waals surface area (Å²) in [6.45, 7) is 2.36. The van der Waals surface area contributed by atoms with Crippen molar-refractivity contribution in [3.63, 3.8) is 0 Å². The molecule has 2 aromatic carbocycles. The lowest BCUT2D eigenvalue weighted by molar-refractivity contribution is -0.144. The van der Waals surface area contributed by atoms with Crippen LogP contribution in [0.5, 0.6) is 5.75 Å². The minimum absolute atomic E-state index is 0.0609. The van der Waals surface area contributed by atoms with Gasteiger partial charge in [0.1, 0.15) is 18.2 Å². The smallest absolute Gasteiger partial charge is 0.333 e. The van der Waals surface area contributed by atoms with Gasteiger partial charge >= 0.3 is 5.97 Å². The fourth-order valence-corrected chi connectivity index (χ4v) is 3.28. The van der Waals surface area contributed by atoms with Gasteiger partial charge in [-0.05, 0) is 43.3 Å². The van der Waals surface area contributed by atoms with Crippen molar-refractivity contribution in [2.24, 2.45) is 5.73 Å². The van der Waals surface area contributed by atoms with Crippen molar-refractivity contribution < 1.29 is 24.1 Å². The van der Waals surface area contributed by atoms with Gasteiger partial charge in [-0.2, -0.15) is 0 Å². The number of esters is 1. The van der Waals surface area contributed by atoms with Crippen LogP contribution < -0.4 is 15.8 Å². The number of halogens is 2. The van der Waals surface area contributed by atoms with E-state index in [0.29, 0.717) is 21.8 Å². The van der Waals surface area contributed by atoms with E-state index in [-0.39, 0.29) is 49.6 Å². The number of amidine groups is 1. The van der Waals surface area contributed by atoms with Crippen molar-refractivity contribution in [3.8, 4) is 5.75 Å². The number of nitrogens with two attached hydrogens (primary N) is 1. The third-order valence-electron chi connectivity index (χ3n) is 4.09. The highest BCUT2D eigenvalue weighted by Crippen LogP contribution is 2.38. The lowest BCUT2D eigenvalue weighted by Crippen LogP contribution is -2.24. The summed E-state index contributed by atoms with van der Waals surface area (Å²) in [6, 6.07) is 8.83. The molecule has 0 aliphatic heterocycles. The molecule has 31 heavy (non-hydrogen) atoms. The first-order chi connectivity index (χ1) is 14.9. The molecule has 0 aromatic heterocycles. The molecule has 8 nitrogen and oxygen atoms in total. The molecule has 1 atom stereocenters. The summed E-state index contributed by atoms with van der Waals surface area (Å²) in [5.74, 6) is -0.336. The Morgan fingerprint density at radius 1 is 1.19 bits per heavy atom. The number of hydrogen-bond donors (Lipinski definition) is 4. The highest BCUT2D eigenvalue weighted by molar-refractivity contribution is 6.35. The van der Waals surface area contributed by atoms with Crippen LogP contribution >= 0.6 is 23.2 Å². The van der Waals surface area contributed by atoms with E-state index >= 15 is 0 Å². The summed E-state index contributed by atoms with van der Waals surface area (Å²) in [4.78, 5) is 12.8. The van der Waals surface area contributed by atoms with Gasteiger partial charge in [0.05, 0.1) is 31.5 Å². The normalized spacial score (nSPS) is 11.6. The fourth-order valence-electron chi connectivity index (χ4n) is 2.72. The van der Waals surface area contributed by atoms with Crippen molar-refractivity contribution >= 4 is 40.7 Å². The second-order valence-electron chi connectivity index (χ2n) is 6.31. The number of carbonyl (C=O) groups is 1. The molecule has 0 radical (unpaired) electrons. The largest absolute Gasteiger partial charge is 0.489 e. The Hall–Kier alpha value is -2.52. The van der Waals surface area contributed by atoms with Gasteiger partial charge in [-0.15, -0.1) is 0 Å². The molecule has 0 spiro atoms. The number of ether oxygens (including phenoxy) is 3. The number of hydrogen-bond acceptors (Lipinski definition) is 7. The number of rotatable bonds is 12. The van der Waals surface area contributed by atoms with E-state index in [1.807, 2.05) is 0 Å². The van der Waals surface area contributed by atoms with Gasteiger partial charge < -0.3 is 30.4 Å². The molecule has 0 saturated heterocycles. The summed E-state index contributed by atoms with van der Waals surface area (Å²) in [5, 5.41) is 20.0. The van der Waals surface area contributed by atoms with Crippen LogP contribution in [0, 0.1) is 5.41 Å². The van der Waals surface area contributed by atoms with E-state index in [9.17, 15) is 4.79 Å². The van der Waals surface area contributed by atoms with Gasteiger partial charge in [0.15, 0.2) is 6.04 Å². The van der Waals surface area contributed by atoms with Gasteiger partial charge in [0.25, 0.3) is 0 Å². The second kappa shape index (κ2) is 12.4. The zero-order valence-corrected chi connectivity index (χ0v) is 18.5. The van der Waals surface area contributed by atoms with Crippen molar-refractivity contribution in [1.29, 1.82) is 5.41 Å². The van der Waals surface area contributed by atoms with Crippen molar-refractivity contribution in [3.05, 3.63) is 57.6 Å². The molecule has 5 N–H and O–H groups in total. The maximum Gasteiger partial charge on any atom is 0.333 e. The van der Waals surface area contributed by atoms with E-state index < -0.39 is 12.0 Å². The van der Waals surface area contributed by atoms with Gasteiger partial charge in [0, 0.05) is 21.8 Å². The Morgan fingerprint density at radius 2 is 1.90 bits per heavy atom. The van der Waals surface area contributed by atoms with Crippen molar-refractivity contribution in [2.75, 3.05) is 38.4 Å². The van der Waals surface area contributed by atoms with Gasteiger partial charge in [-0.25, -0.2) is 4.79 Å². The predicted molar refractivity (Wildman–Crippen MR) is 120 cm³/mol. The first kappa shape index (κ1) is 24.7. The SMILES string of the molecule is CCOC(=O)C(Nc1ccc(C(=N)N)cc1)c1cc(Cl)cc(Cl)c1OCCOCCO. The standard InChI is InChI=1S/C21H25Cl2N3O5/c1-2-30-21(28)18(26-15-5-3-13(4-6-15)20(24)25)16-11-14(22)12-17(23)19(16)31-10-9-29-8-7-27/h3-6,11-12,18,26-27H,2,7-10H2,1H3,(H3,24,25). The van der Waals surface area contributed by atoms with E-state index in [0.717, 1.165) is 0 Å². The lowest BCUT2D eigenvalue weighted by Gasteiger charge is -2.23. The van der Waals surface area contributed by atoms with Crippen LogP contribution in [0.25, 0.3) is 0 Å². The number of carbonyl (C=O) groups excluding carboxylic acids is 1. The summed E-state index contributed by atoms with van der Waals surface area (Å²) in [5.41, 5.74) is 7.04. The molecule has 0 aliphatic carbocycles. The second-order valence-corrected chi connectivity index (χ2v) is 7.15. The molecule has 0 fully saturated rings. The summed E-state index contributed by atoms with van der Waals surface area (Å²) < 4.78 is 16.2. The third-order valence-corrected chi connectivity index (χ3v) is 4.59. The average molecular weight is 470 g/mol. The maximum absolute atomic E-state index is 12.8. The fraction of sp³-hybridized carbons (Fsp3) is 0.333. The molecule has 2 aromatic rings. The van der Waals surface area contributed by atoms with E-state index in [1.165, 1.54) is 6.07 Å². The number of nitrogens with one attached hydrogen (secondary N) is 2. The maximum atomic E-state index is 12.8. The highest BCUT2D eigenvalue weighted by atomic mass is 35.5. The monoisotopic (exact) mass is 469 g/mol. The first-order valence-corrected chi connectivity index (χ1v) is 10.3. The Morgan fingerprint density at radius 3 is 2.52 bits per heavy atom. The summed E-state index contributed by atoms with van der Waals surface area (Å²) in [6.07, 6.45) is 0. The van der Waals surface area contributed by atoms with E-state index in [4.69, 9.17) is 53.7 Å². The zero-order valence-electron chi connectivity index (χ0n) is 17.0. The Labute approximate surface area is 190 Å². The van der Waals surface area contributed by atoms with Crippen LogP contribution in [0.2, 0.25) is 10.0 Å². The van der Waals surface area contributed by atoms with Crippen LogP contribution in [-0.4, -0.2) is 49.9 Å². The van der Waals surface area contributed by atoms with Crippen LogP contribution in [-0.2, 0) is 14.3 Å². The van der Waals surface area contributed by atoms with Crippen molar-refractivity contribution in [1.82, 2.24) is 0 Å². The molecular weight excluding hydrogens is 445 g/mol. The molecule has 0 heterocycles. The number of anilines is 1. The Kier molecular flexibility index (Phi) is 9.87. The summed E-state index contributed by atoms with van der Waals surface area (Å²) >= 11 is 12.6. The van der Waals surface area contributed by atoms with Crippen molar-refractivity contribution in [2.45, 2.75) is 13.0 Å². The van der Waals surface area contributed by atoms with Gasteiger partial charge in [-0.3, -0.25) is 5.41 Å². The lowest BCUT2D eigenvalue weighted by atomic mass is 10.0. The zero-order chi connectivity index (χ0) is 22.8. The third kappa shape index (κ3) is 7.29.